The monoisotopic (exact) mass is 350 g/mol. The van der Waals surface area contributed by atoms with Crippen LogP contribution in [0.15, 0.2) is 71.3 Å². The lowest BCUT2D eigenvalue weighted by Crippen LogP contribution is -2.28. The fourth-order valence-electron chi connectivity index (χ4n) is 2.57. The van der Waals surface area contributed by atoms with E-state index in [1.54, 1.807) is 6.26 Å². The molecule has 1 heterocycles. The molecule has 2 N–H and O–H groups in total. The van der Waals surface area contributed by atoms with Crippen LogP contribution in [-0.2, 0) is 24.5 Å². The number of carbonyl (C=O) groups excluding carboxylic acids is 1. The Bertz CT molecular complexity index is 844. The first-order valence-electron chi connectivity index (χ1n) is 8.48. The van der Waals surface area contributed by atoms with E-state index in [0.717, 1.165) is 28.1 Å². The third-order valence-corrected chi connectivity index (χ3v) is 3.81. The van der Waals surface area contributed by atoms with E-state index in [4.69, 9.17) is 9.15 Å². The van der Waals surface area contributed by atoms with Crippen molar-refractivity contribution in [3.8, 4) is 0 Å². The molecule has 26 heavy (non-hydrogen) atoms. The van der Waals surface area contributed by atoms with Crippen LogP contribution in [0.25, 0.3) is 0 Å². The number of hydrogen-bond donors (Lipinski definition) is 2. The van der Waals surface area contributed by atoms with E-state index >= 15 is 0 Å². The molecule has 5 heteroatoms. The molecule has 0 fully saturated rings. The highest BCUT2D eigenvalue weighted by Gasteiger charge is 2.03. The molecule has 2 aromatic carbocycles. The molecule has 0 spiro atoms. The average molecular weight is 350 g/mol. The van der Waals surface area contributed by atoms with Gasteiger partial charge in [0.2, 0.25) is 0 Å². The van der Waals surface area contributed by atoms with E-state index in [2.05, 4.69) is 10.6 Å². The maximum Gasteiger partial charge on any atom is 0.319 e. The molecule has 0 bridgehead atoms. The second kappa shape index (κ2) is 8.87. The maximum absolute atomic E-state index is 12.0. The number of aryl methyl sites for hydroxylation is 1. The quantitative estimate of drug-likeness (QED) is 0.653. The molecular weight excluding hydrogens is 328 g/mol. The predicted octanol–water partition coefficient (Wildman–Crippen LogP) is 4.63. The van der Waals surface area contributed by atoms with Crippen LogP contribution >= 0.6 is 0 Å². The van der Waals surface area contributed by atoms with Gasteiger partial charge in [0.25, 0.3) is 0 Å². The van der Waals surface area contributed by atoms with E-state index in [1.807, 2.05) is 67.6 Å². The Hall–Kier alpha value is -3.05. The fourth-order valence-corrected chi connectivity index (χ4v) is 2.57. The first kappa shape index (κ1) is 17.8. The van der Waals surface area contributed by atoms with Crippen molar-refractivity contribution in [3.05, 3.63) is 89.4 Å². The smallest absolute Gasteiger partial charge is 0.319 e. The van der Waals surface area contributed by atoms with Crippen LogP contribution in [-0.4, -0.2) is 6.03 Å². The molecule has 5 nitrogen and oxygen atoms in total. The largest absolute Gasteiger partial charge is 0.467 e. The van der Waals surface area contributed by atoms with Crippen molar-refractivity contribution >= 4 is 11.7 Å². The van der Waals surface area contributed by atoms with Crippen molar-refractivity contribution < 1.29 is 13.9 Å². The fraction of sp³-hybridized carbons (Fsp3) is 0.190. The van der Waals surface area contributed by atoms with Gasteiger partial charge in [-0.1, -0.05) is 36.4 Å². The van der Waals surface area contributed by atoms with E-state index < -0.39 is 0 Å². The lowest BCUT2D eigenvalue weighted by Gasteiger charge is -2.09. The summed E-state index contributed by atoms with van der Waals surface area (Å²) in [5.41, 5.74) is 3.95. The summed E-state index contributed by atoms with van der Waals surface area (Å²) in [6, 6.07) is 19.1. The first-order chi connectivity index (χ1) is 12.7. The van der Waals surface area contributed by atoms with Crippen molar-refractivity contribution in [2.24, 2.45) is 0 Å². The summed E-state index contributed by atoms with van der Waals surface area (Å²) in [7, 11) is 0. The first-order valence-corrected chi connectivity index (χ1v) is 8.48. The number of ether oxygens (including phenoxy) is 1. The molecule has 1 aromatic heterocycles. The standard InChI is InChI=1S/C21H22N2O3/c1-16-5-2-8-19(11-16)23-21(24)22-13-17-6-3-7-18(12-17)14-25-15-20-9-4-10-26-20/h2-12H,13-15H2,1H3,(H2,22,23,24). The van der Waals surface area contributed by atoms with Crippen molar-refractivity contribution in [1.82, 2.24) is 5.32 Å². The highest BCUT2D eigenvalue weighted by molar-refractivity contribution is 5.89. The third-order valence-electron chi connectivity index (χ3n) is 3.81. The molecule has 3 aromatic rings. The van der Waals surface area contributed by atoms with Gasteiger partial charge in [-0.2, -0.15) is 0 Å². The summed E-state index contributed by atoms with van der Waals surface area (Å²) < 4.78 is 10.9. The second-order valence-corrected chi connectivity index (χ2v) is 6.07. The highest BCUT2D eigenvalue weighted by Crippen LogP contribution is 2.11. The zero-order valence-corrected chi connectivity index (χ0v) is 14.7. The third kappa shape index (κ3) is 5.50. The van der Waals surface area contributed by atoms with Crippen LogP contribution in [0, 0.1) is 6.92 Å². The number of amides is 2. The molecule has 3 rings (SSSR count). The van der Waals surface area contributed by atoms with Gasteiger partial charge in [0.1, 0.15) is 12.4 Å². The van der Waals surface area contributed by atoms with Crippen LogP contribution in [0.5, 0.6) is 0 Å². The van der Waals surface area contributed by atoms with E-state index in [-0.39, 0.29) is 6.03 Å². The normalized spacial score (nSPS) is 10.5. The Kier molecular flexibility index (Phi) is 6.06. The molecule has 0 saturated carbocycles. The van der Waals surface area contributed by atoms with E-state index in [0.29, 0.717) is 19.8 Å². The highest BCUT2D eigenvalue weighted by atomic mass is 16.5. The van der Waals surface area contributed by atoms with Crippen LogP contribution in [0.1, 0.15) is 22.5 Å². The van der Waals surface area contributed by atoms with Crippen LogP contribution in [0.3, 0.4) is 0 Å². The molecular formula is C21H22N2O3. The number of hydrogen-bond acceptors (Lipinski definition) is 3. The Labute approximate surface area is 153 Å². The molecule has 0 radical (unpaired) electrons. The number of rotatable bonds is 7. The van der Waals surface area contributed by atoms with Gasteiger partial charge in [-0.25, -0.2) is 4.79 Å². The molecule has 0 aliphatic heterocycles. The van der Waals surface area contributed by atoms with Crippen LogP contribution < -0.4 is 10.6 Å². The Morgan fingerprint density at radius 1 is 1.00 bits per heavy atom. The van der Waals surface area contributed by atoms with Gasteiger partial charge in [0.05, 0.1) is 12.9 Å². The summed E-state index contributed by atoms with van der Waals surface area (Å²) in [4.78, 5) is 12.0. The van der Waals surface area contributed by atoms with Crippen molar-refractivity contribution in [2.75, 3.05) is 5.32 Å². The zero-order valence-electron chi connectivity index (χ0n) is 14.7. The summed E-state index contributed by atoms with van der Waals surface area (Å²) in [5, 5.41) is 5.70. The van der Waals surface area contributed by atoms with Gasteiger partial charge < -0.3 is 19.8 Å². The minimum Gasteiger partial charge on any atom is -0.467 e. The second-order valence-electron chi connectivity index (χ2n) is 6.07. The van der Waals surface area contributed by atoms with Crippen molar-refractivity contribution in [2.45, 2.75) is 26.7 Å². The predicted molar refractivity (Wildman–Crippen MR) is 101 cm³/mol. The SMILES string of the molecule is Cc1cccc(NC(=O)NCc2cccc(COCc3ccco3)c2)c1. The lowest BCUT2D eigenvalue weighted by atomic mass is 10.1. The van der Waals surface area contributed by atoms with E-state index in [9.17, 15) is 4.79 Å². The van der Waals surface area contributed by atoms with Gasteiger partial charge in [0.15, 0.2) is 0 Å². The van der Waals surface area contributed by atoms with E-state index in [1.165, 1.54) is 0 Å². The van der Waals surface area contributed by atoms with Gasteiger partial charge in [0, 0.05) is 12.2 Å². The van der Waals surface area contributed by atoms with Crippen LogP contribution in [0.4, 0.5) is 10.5 Å². The molecule has 2 amide bonds. The summed E-state index contributed by atoms with van der Waals surface area (Å²) >= 11 is 0. The van der Waals surface area contributed by atoms with Gasteiger partial charge in [-0.05, 0) is 47.9 Å². The van der Waals surface area contributed by atoms with Gasteiger partial charge in [-0.15, -0.1) is 0 Å². The Morgan fingerprint density at radius 2 is 1.85 bits per heavy atom. The Morgan fingerprint density at radius 3 is 2.65 bits per heavy atom. The Balaban J connectivity index is 1.46. The average Bonchev–Trinajstić information content (AvgIpc) is 3.14. The summed E-state index contributed by atoms with van der Waals surface area (Å²) in [6.45, 7) is 3.37. The maximum atomic E-state index is 12.0. The summed E-state index contributed by atoms with van der Waals surface area (Å²) in [5.74, 6) is 0.802. The number of urea groups is 1. The lowest BCUT2D eigenvalue weighted by molar-refractivity contribution is 0.0929. The van der Waals surface area contributed by atoms with Crippen molar-refractivity contribution in [3.63, 3.8) is 0 Å². The molecule has 134 valence electrons. The number of benzene rings is 2. The molecule has 0 unspecified atom stereocenters. The van der Waals surface area contributed by atoms with Crippen LogP contribution in [0.2, 0.25) is 0 Å². The van der Waals surface area contributed by atoms with Gasteiger partial charge in [-0.3, -0.25) is 0 Å². The molecule has 0 aliphatic rings. The minimum atomic E-state index is -0.227. The summed E-state index contributed by atoms with van der Waals surface area (Å²) in [6.07, 6.45) is 1.63. The molecule has 0 aliphatic carbocycles. The number of furan rings is 1. The zero-order chi connectivity index (χ0) is 18.2. The van der Waals surface area contributed by atoms with Gasteiger partial charge >= 0.3 is 6.03 Å². The number of carbonyl (C=O) groups is 1. The number of nitrogens with one attached hydrogen (secondary N) is 2. The molecule has 0 saturated heterocycles. The topological polar surface area (TPSA) is 63.5 Å². The van der Waals surface area contributed by atoms with Crippen molar-refractivity contribution in [1.29, 1.82) is 0 Å². The minimum absolute atomic E-state index is 0.227. The number of anilines is 1. The molecule has 0 atom stereocenters.